The number of ether oxygens (including phenoxy) is 1. The van der Waals surface area contributed by atoms with E-state index >= 15 is 0 Å². The Morgan fingerprint density at radius 3 is 2.80 bits per heavy atom. The van der Waals surface area contributed by atoms with Gasteiger partial charge in [-0.15, -0.1) is 11.3 Å². The van der Waals surface area contributed by atoms with Gasteiger partial charge >= 0.3 is 5.97 Å². The molecular formula is C19H19N3O2S. The first-order chi connectivity index (χ1) is 12.3. The van der Waals surface area contributed by atoms with Crippen molar-refractivity contribution in [3.8, 4) is 0 Å². The molecule has 0 atom stereocenters. The molecule has 0 bridgehead atoms. The van der Waals surface area contributed by atoms with Gasteiger partial charge in [-0.2, -0.15) is 0 Å². The van der Waals surface area contributed by atoms with Crippen LogP contribution in [0.5, 0.6) is 0 Å². The van der Waals surface area contributed by atoms with Gasteiger partial charge in [0.25, 0.3) is 0 Å². The molecule has 0 unspecified atom stereocenters. The molecule has 0 saturated heterocycles. The lowest BCUT2D eigenvalue weighted by Gasteiger charge is -2.13. The summed E-state index contributed by atoms with van der Waals surface area (Å²) in [4.78, 5) is 23.4. The molecule has 1 aliphatic rings. The topological polar surface area (TPSA) is 64.1 Å². The second-order valence-electron chi connectivity index (χ2n) is 6.00. The Morgan fingerprint density at radius 2 is 2.00 bits per heavy atom. The van der Waals surface area contributed by atoms with Crippen molar-refractivity contribution in [1.82, 2.24) is 9.97 Å². The molecule has 3 aromatic rings. The predicted molar refractivity (Wildman–Crippen MR) is 99.7 cm³/mol. The second-order valence-corrected chi connectivity index (χ2v) is 7.08. The molecule has 4 rings (SSSR count). The van der Waals surface area contributed by atoms with Gasteiger partial charge in [-0.3, -0.25) is 0 Å². The number of aryl methyl sites for hydroxylation is 2. The molecule has 0 fully saturated rings. The molecular weight excluding hydrogens is 334 g/mol. The van der Waals surface area contributed by atoms with Gasteiger partial charge in [-0.05, 0) is 50.3 Å². The smallest absolute Gasteiger partial charge is 0.376 e. The van der Waals surface area contributed by atoms with Gasteiger partial charge in [0.15, 0.2) is 0 Å². The van der Waals surface area contributed by atoms with Crippen LogP contribution in [0.4, 0.5) is 11.5 Å². The molecule has 25 heavy (non-hydrogen) atoms. The fourth-order valence-electron chi connectivity index (χ4n) is 3.19. The molecule has 0 spiro atoms. The Balaban J connectivity index is 1.86. The van der Waals surface area contributed by atoms with Crippen molar-refractivity contribution < 1.29 is 9.53 Å². The Labute approximate surface area is 150 Å². The molecule has 1 aromatic carbocycles. The van der Waals surface area contributed by atoms with Crippen LogP contribution in [0.3, 0.4) is 0 Å². The summed E-state index contributed by atoms with van der Waals surface area (Å²) in [7, 11) is 0. The summed E-state index contributed by atoms with van der Waals surface area (Å²) in [6.45, 7) is 2.09. The zero-order valence-electron chi connectivity index (χ0n) is 14.0. The third-order valence-electron chi connectivity index (χ3n) is 4.31. The summed E-state index contributed by atoms with van der Waals surface area (Å²) in [5.41, 5.74) is 2.27. The van der Waals surface area contributed by atoms with Crippen LogP contribution in [0.15, 0.2) is 30.3 Å². The van der Waals surface area contributed by atoms with E-state index in [1.165, 1.54) is 23.3 Å². The Bertz CT molecular complexity index is 921. The molecule has 1 N–H and O–H groups in total. The van der Waals surface area contributed by atoms with Crippen molar-refractivity contribution in [2.75, 3.05) is 11.9 Å². The van der Waals surface area contributed by atoms with E-state index in [2.05, 4.69) is 15.3 Å². The van der Waals surface area contributed by atoms with E-state index in [-0.39, 0.29) is 5.82 Å². The fourth-order valence-corrected chi connectivity index (χ4v) is 4.45. The monoisotopic (exact) mass is 353 g/mol. The number of thiophene rings is 1. The number of carbonyl (C=O) groups excluding carboxylic acids is 1. The summed E-state index contributed by atoms with van der Waals surface area (Å²) in [5.74, 6) is 0.330. The normalized spacial score (nSPS) is 13.5. The molecule has 2 heterocycles. The van der Waals surface area contributed by atoms with Gasteiger partial charge in [0.1, 0.15) is 10.6 Å². The Kier molecular flexibility index (Phi) is 4.36. The maximum absolute atomic E-state index is 12.2. The molecule has 5 nitrogen and oxygen atoms in total. The third kappa shape index (κ3) is 3.09. The first-order valence-electron chi connectivity index (χ1n) is 8.57. The van der Waals surface area contributed by atoms with Crippen LogP contribution >= 0.6 is 11.3 Å². The van der Waals surface area contributed by atoms with Gasteiger partial charge < -0.3 is 10.1 Å². The van der Waals surface area contributed by atoms with Gasteiger partial charge in [0.2, 0.25) is 5.82 Å². The number of esters is 1. The number of hydrogen-bond donors (Lipinski definition) is 1. The predicted octanol–water partition coefficient (Wildman–Crippen LogP) is 4.49. The fraction of sp³-hybridized carbons (Fsp3) is 0.316. The van der Waals surface area contributed by atoms with Crippen molar-refractivity contribution in [2.45, 2.75) is 32.6 Å². The van der Waals surface area contributed by atoms with E-state index < -0.39 is 5.97 Å². The average molecular weight is 353 g/mol. The lowest BCUT2D eigenvalue weighted by molar-refractivity contribution is 0.0512. The van der Waals surface area contributed by atoms with Gasteiger partial charge in [0, 0.05) is 10.6 Å². The summed E-state index contributed by atoms with van der Waals surface area (Å²) < 4.78 is 5.10. The number of para-hydroxylation sites is 1. The number of benzene rings is 1. The van der Waals surface area contributed by atoms with E-state index in [0.717, 1.165) is 28.7 Å². The Morgan fingerprint density at radius 1 is 1.20 bits per heavy atom. The first kappa shape index (κ1) is 16.0. The molecule has 2 aromatic heterocycles. The number of aromatic nitrogens is 2. The average Bonchev–Trinajstić information content (AvgIpc) is 3.01. The van der Waals surface area contributed by atoms with Crippen LogP contribution in [0, 0.1) is 0 Å². The zero-order valence-corrected chi connectivity index (χ0v) is 14.9. The van der Waals surface area contributed by atoms with Gasteiger partial charge in [-0.25, -0.2) is 14.8 Å². The minimum atomic E-state index is -0.480. The number of nitrogens with zero attached hydrogens (tertiary/aromatic N) is 2. The molecule has 0 saturated carbocycles. The lowest BCUT2D eigenvalue weighted by atomic mass is 9.97. The highest BCUT2D eigenvalue weighted by Gasteiger charge is 2.23. The van der Waals surface area contributed by atoms with Crippen LogP contribution < -0.4 is 5.32 Å². The number of carbonyl (C=O) groups is 1. The van der Waals surface area contributed by atoms with E-state index in [1.807, 2.05) is 30.3 Å². The summed E-state index contributed by atoms with van der Waals surface area (Å²) in [5, 5.41) is 4.42. The van der Waals surface area contributed by atoms with Crippen molar-refractivity contribution in [3.63, 3.8) is 0 Å². The highest BCUT2D eigenvalue weighted by atomic mass is 32.1. The quantitative estimate of drug-likeness (QED) is 0.700. The van der Waals surface area contributed by atoms with E-state index in [4.69, 9.17) is 4.74 Å². The summed E-state index contributed by atoms with van der Waals surface area (Å²) in [6, 6.07) is 9.87. The molecule has 0 amide bonds. The minimum absolute atomic E-state index is 0.117. The summed E-state index contributed by atoms with van der Waals surface area (Å²) in [6.07, 6.45) is 4.51. The largest absolute Gasteiger partial charge is 0.460 e. The number of hydrogen-bond acceptors (Lipinski definition) is 6. The summed E-state index contributed by atoms with van der Waals surface area (Å²) >= 11 is 1.68. The van der Waals surface area contributed by atoms with Crippen LogP contribution in [0.25, 0.3) is 10.2 Å². The molecule has 1 aliphatic carbocycles. The highest BCUT2D eigenvalue weighted by molar-refractivity contribution is 7.19. The van der Waals surface area contributed by atoms with Gasteiger partial charge in [0.05, 0.1) is 12.0 Å². The molecule has 6 heteroatoms. The minimum Gasteiger partial charge on any atom is -0.460 e. The van der Waals surface area contributed by atoms with Crippen LogP contribution in [0.2, 0.25) is 0 Å². The maximum atomic E-state index is 12.2. The van der Waals surface area contributed by atoms with Crippen molar-refractivity contribution >= 4 is 39.0 Å². The van der Waals surface area contributed by atoms with Crippen molar-refractivity contribution in [3.05, 3.63) is 46.6 Å². The first-order valence-corrected chi connectivity index (χ1v) is 9.39. The van der Waals surface area contributed by atoms with Crippen LogP contribution in [-0.2, 0) is 17.6 Å². The molecule has 128 valence electrons. The van der Waals surface area contributed by atoms with E-state index in [0.29, 0.717) is 12.4 Å². The van der Waals surface area contributed by atoms with E-state index in [9.17, 15) is 4.79 Å². The lowest BCUT2D eigenvalue weighted by Crippen LogP contribution is -2.11. The molecule has 0 aliphatic heterocycles. The number of rotatable bonds is 4. The standard InChI is InChI=1S/C19H19N3O2S/c1-2-24-19(23)17-21-16(20-12-8-4-3-5-9-12)15-13-10-6-7-11-14(13)25-18(15)22-17/h3-5,8-9H,2,6-7,10-11H2,1H3,(H,20,21,22). The number of fused-ring (bicyclic) bond motifs is 3. The maximum Gasteiger partial charge on any atom is 0.376 e. The Hall–Kier alpha value is -2.47. The SMILES string of the molecule is CCOC(=O)c1nc(Nc2ccccc2)c2c3c(sc2n1)CCCC3. The number of anilines is 2. The number of nitrogens with one attached hydrogen (secondary N) is 1. The van der Waals surface area contributed by atoms with E-state index in [1.54, 1.807) is 18.3 Å². The zero-order chi connectivity index (χ0) is 17.2. The van der Waals surface area contributed by atoms with Crippen molar-refractivity contribution in [2.24, 2.45) is 0 Å². The van der Waals surface area contributed by atoms with Gasteiger partial charge in [-0.1, -0.05) is 18.2 Å². The third-order valence-corrected chi connectivity index (χ3v) is 5.49. The van der Waals surface area contributed by atoms with Crippen LogP contribution in [-0.4, -0.2) is 22.5 Å². The van der Waals surface area contributed by atoms with Crippen molar-refractivity contribution in [1.29, 1.82) is 0 Å². The molecule has 0 radical (unpaired) electrons. The van der Waals surface area contributed by atoms with Crippen LogP contribution in [0.1, 0.15) is 40.8 Å². The second kappa shape index (κ2) is 6.80. The highest BCUT2D eigenvalue weighted by Crippen LogP contribution is 2.39.